The number of pyridine rings is 1. The van der Waals surface area contributed by atoms with Crippen molar-refractivity contribution in [2.45, 2.75) is 13.3 Å². The fraction of sp³-hybridized carbons (Fsp3) is 0.250. The number of rotatable bonds is 2. The number of hydrogen-bond donors (Lipinski definition) is 0. The fourth-order valence-corrected chi connectivity index (χ4v) is 0.738. The predicted octanol–water partition coefficient (Wildman–Crippen LogP) is 2.05. The number of hydrogen-bond acceptors (Lipinski definition) is 3. The van der Waals surface area contributed by atoms with E-state index in [-0.39, 0.29) is 5.97 Å². The van der Waals surface area contributed by atoms with Gasteiger partial charge < -0.3 is 4.74 Å². The van der Waals surface area contributed by atoms with Gasteiger partial charge in [0, 0.05) is 6.42 Å². The summed E-state index contributed by atoms with van der Waals surface area (Å²) < 4.78 is 4.86. The molecule has 0 aliphatic heterocycles. The summed E-state index contributed by atoms with van der Waals surface area (Å²) in [5, 5.41) is 0.381. The topological polar surface area (TPSA) is 39.2 Å². The average molecular weight is 186 g/mol. The molecule has 0 atom stereocenters. The van der Waals surface area contributed by atoms with E-state index in [0.29, 0.717) is 17.3 Å². The second-order valence-corrected chi connectivity index (χ2v) is 2.53. The van der Waals surface area contributed by atoms with E-state index in [1.54, 1.807) is 19.1 Å². The highest BCUT2D eigenvalue weighted by Crippen LogP contribution is 2.12. The Bertz CT molecular complexity index is 271. The number of carbonyl (C=O) groups is 1. The summed E-state index contributed by atoms with van der Waals surface area (Å²) in [5.41, 5.74) is 0. The molecule has 0 saturated carbocycles. The van der Waals surface area contributed by atoms with E-state index in [4.69, 9.17) is 16.3 Å². The van der Waals surface area contributed by atoms with Gasteiger partial charge in [-0.15, -0.1) is 0 Å². The molecule has 1 aromatic rings. The zero-order chi connectivity index (χ0) is 8.97. The zero-order valence-electron chi connectivity index (χ0n) is 6.58. The van der Waals surface area contributed by atoms with E-state index in [1.807, 2.05) is 0 Å². The van der Waals surface area contributed by atoms with Gasteiger partial charge in [-0.2, -0.15) is 0 Å². The van der Waals surface area contributed by atoms with Gasteiger partial charge >= 0.3 is 5.97 Å². The van der Waals surface area contributed by atoms with E-state index in [9.17, 15) is 4.79 Å². The van der Waals surface area contributed by atoms with E-state index < -0.39 is 0 Å². The number of ether oxygens (including phenoxy) is 1. The molecule has 1 rings (SSSR count). The van der Waals surface area contributed by atoms with Crippen LogP contribution in [0.2, 0.25) is 5.15 Å². The van der Waals surface area contributed by atoms with Crippen molar-refractivity contribution < 1.29 is 9.53 Å². The molecule has 0 amide bonds. The third-order valence-corrected chi connectivity index (χ3v) is 1.44. The lowest BCUT2D eigenvalue weighted by Gasteiger charge is -2.00. The lowest BCUT2D eigenvalue weighted by Crippen LogP contribution is -2.05. The normalized spacial score (nSPS) is 9.50. The van der Waals surface area contributed by atoms with Crippen molar-refractivity contribution in [1.29, 1.82) is 0 Å². The highest BCUT2D eigenvalue weighted by atomic mass is 35.5. The van der Waals surface area contributed by atoms with Gasteiger partial charge in [-0.25, -0.2) is 4.98 Å². The molecule has 0 radical (unpaired) electrons. The van der Waals surface area contributed by atoms with E-state index in [1.165, 1.54) is 6.20 Å². The van der Waals surface area contributed by atoms with Gasteiger partial charge in [0.05, 0.1) is 6.20 Å². The maximum atomic E-state index is 10.8. The van der Waals surface area contributed by atoms with Gasteiger partial charge in [-0.1, -0.05) is 18.5 Å². The van der Waals surface area contributed by atoms with Crippen LogP contribution in [0.1, 0.15) is 13.3 Å². The van der Waals surface area contributed by atoms with Gasteiger partial charge in [0.1, 0.15) is 10.9 Å². The van der Waals surface area contributed by atoms with Crippen LogP contribution < -0.4 is 4.74 Å². The van der Waals surface area contributed by atoms with Crippen molar-refractivity contribution in [1.82, 2.24) is 4.98 Å². The summed E-state index contributed by atoms with van der Waals surface area (Å²) in [4.78, 5) is 14.5. The predicted molar refractivity (Wildman–Crippen MR) is 45.2 cm³/mol. The second kappa shape index (κ2) is 4.07. The second-order valence-electron chi connectivity index (χ2n) is 2.14. The van der Waals surface area contributed by atoms with Crippen molar-refractivity contribution in [3.05, 3.63) is 23.5 Å². The van der Waals surface area contributed by atoms with E-state index in [0.717, 1.165) is 0 Å². The van der Waals surface area contributed by atoms with Gasteiger partial charge in [0.2, 0.25) is 0 Å². The van der Waals surface area contributed by atoms with Crippen LogP contribution in [0.4, 0.5) is 0 Å². The van der Waals surface area contributed by atoms with Crippen molar-refractivity contribution >= 4 is 17.6 Å². The molecule has 0 bridgehead atoms. The maximum Gasteiger partial charge on any atom is 0.310 e. The maximum absolute atomic E-state index is 10.8. The van der Waals surface area contributed by atoms with Crippen LogP contribution in [0.25, 0.3) is 0 Å². The van der Waals surface area contributed by atoms with Crippen LogP contribution in [0, 0.1) is 0 Å². The first-order valence-electron chi connectivity index (χ1n) is 3.54. The molecule has 0 fully saturated rings. The van der Waals surface area contributed by atoms with Crippen LogP contribution in [-0.4, -0.2) is 11.0 Å². The van der Waals surface area contributed by atoms with Crippen LogP contribution in [0.5, 0.6) is 5.75 Å². The third-order valence-electron chi connectivity index (χ3n) is 1.22. The molecular weight excluding hydrogens is 178 g/mol. The molecule has 0 N–H and O–H groups in total. The number of halogens is 1. The van der Waals surface area contributed by atoms with Crippen molar-refractivity contribution in [3.8, 4) is 5.75 Å². The first-order chi connectivity index (χ1) is 5.72. The Kier molecular flexibility index (Phi) is 3.05. The number of nitrogens with zero attached hydrogens (tertiary/aromatic N) is 1. The smallest absolute Gasteiger partial charge is 0.310 e. The Morgan fingerprint density at radius 3 is 2.92 bits per heavy atom. The van der Waals surface area contributed by atoms with E-state index >= 15 is 0 Å². The van der Waals surface area contributed by atoms with Crippen LogP contribution in [0.3, 0.4) is 0 Å². The van der Waals surface area contributed by atoms with Gasteiger partial charge in [-0.05, 0) is 12.1 Å². The Balaban J connectivity index is 2.64. The molecule has 4 heteroatoms. The monoisotopic (exact) mass is 185 g/mol. The molecule has 3 nitrogen and oxygen atoms in total. The van der Waals surface area contributed by atoms with Crippen molar-refractivity contribution in [3.63, 3.8) is 0 Å². The summed E-state index contributed by atoms with van der Waals surface area (Å²) in [6.07, 6.45) is 1.76. The SMILES string of the molecule is CCC(=O)Oc1ccc(Cl)nc1. The molecule has 0 spiro atoms. The lowest BCUT2D eigenvalue weighted by molar-refractivity contribution is -0.134. The van der Waals surface area contributed by atoms with Crippen molar-refractivity contribution in [2.75, 3.05) is 0 Å². The number of carbonyl (C=O) groups excluding carboxylic acids is 1. The molecule has 12 heavy (non-hydrogen) atoms. The summed E-state index contributed by atoms with van der Waals surface area (Å²) in [6, 6.07) is 3.17. The molecule has 0 aromatic carbocycles. The summed E-state index contributed by atoms with van der Waals surface area (Å²) in [6.45, 7) is 1.73. The van der Waals surface area contributed by atoms with Crippen LogP contribution >= 0.6 is 11.6 Å². The Morgan fingerprint density at radius 1 is 1.67 bits per heavy atom. The summed E-state index contributed by atoms with van der Waals surface area (Å²) in [7, 11) is 0. The number of aromatic nitrogens is 1. The summed E-state index contributed by atoms with van der Waals surface area (Å²) >= 11 is 5.53. The molecule has 64 valence electrons. The Labute approximate surface area is 75.3 Å². The quantitative estimate of drug-likeness (QED) is 0.523. The standard InChI is InChI=1S/C8H8ClNO2/c1-2-8(11)12-6-3-4-7(9)10-5-6/h3-5H,2H2,1H3. The minimum absolute atomic E-state index is 0.279. The minimum atomic E-state index is -0.279. The molecule has 1 aromatic heterocycles. The number of esters is 1. The lowest BCUT2D eigenvalue weighted by atomic mass is 10.4. The Hall–Kier alpha value is -1.09. The average Bonchev–Trinajstić information content (AvgIpc) is 2.09. The van der Waals surface area contributed by atoms with E-state index in [2.05, 4.69) is 4.98 Å². The highest BCUT2D eigenvalue weighted by Gasteiger charge is 2.00. The third kappa shape index (κ3) is 2.51. The fourth-order valence-electron chi connectivity index (χ4n) is 0.626. The van der Waals surface area contributed by atoms with Gasteiger partial charge in [0.25, 0.3) is 0 Å². The van der Waals surface area contributed by atoms with Gasteiger partial charge in [0.15, 0.2) is 0 Å². The highest BCUT2D eigenvalue weighted by molar-refractivity contribution is 6.29. The molecule has 1 heterocycles. The largest absolute Gasteiger partial charge is 0.425 e. The first kappa shape index (κ1) is 9.00. The molecule has 0 aliphatic carbocycles. The van der Waals surface area contributed by atoms with Crippen LogP contribution in [-0.2, 0) is 4.79 Å². The molecule has 0 unspecified atom stereocenters. The van der Waals surface area contributed by atoms with Crippen molar-refractivity contribution in [2.24, 2.45) is 0 Å². The summed E-state index contributed by atoms with van der Waals surface area (Å²) in [5.74, 6) is 0.144. The van der Waals surface area contributed by atoms with Crippen LogP contribution in [0.15, 0.2) is 18.3 Å². The zero-order valence-corrected chi connectivity index (χ0v) is 7.34. The van der Waals surface area contributed by atoms with Gasteiger partial charge in [-0.3, -0.25) is 4.79 Å². The first-order valence-corrected chi connectivity index (χ1v) is 3.92. The molecule has 0 aliphatic rings. The minimum Gasteiger partial charge on any atom is -0.425 e. The Morgan fingerprint density at radius 2 is 2.42 bits per heavy atom. The molecule has 0 saturated heterocycles. The molecular formula is C8H8ClNO2.